The van der Waals surface area contributed by atoms with Gasteiger partial charge in [0, 0.05) is 28.6 Å². The van der Waals surface area contributed by atoms with Gasteiger partial charge in [-0.15, -0.1) is 11.3 Å². The molecule has 0 atom stereocenters. The highest BCUT2D eigenvalue weighted by Crippen LogP contribution is 2.40. The molecule has 28 heavy (non-hydrogen) atoms. The van der Waals surface area contributed by atoms with Gasteiger partial charge in [0.25, 0.3) is 5.91 Å². The molecule has 2 aromatic heterocycles. The molecule has 3 aromatic rings. The van der Waals surface area contributed by atoms with E-state index >= 15 is 0 Å². The van der Waals surface area contributed by atoms with E-state index in [2.05, 4.69) is 20.6 Å². The Labute approximate surface area is 171 Å². The van der Waals surface area contributed by atoms with E-state index in [4.69, 9.17) is 0 Å². The van der Waals surface area contributed by atoms with E-state index in [-0.39, 0.29) is 17.6 Å². The lowest BCUT2D eigenvalue weighted by molar-refractivity contribution is -0.113. The molecule has 0 bridgehead atoms. The van der Waals surface area contributed by atoms with Crippen LogP contribution in [-0.4, -0.2) is 34.6 Å². The highest BCUT2D eigenvalue weighted by Gasteiger charge is 2.22. The zero-order chi connectivity index (χ0) is 19.7. The maximum Gasteiger partial charge on any atom is 0.251 e. The first-order valence-electron chi connectivity index (χ1n) is 9.09. The Balaban J connectivity index is 1.46. The van der Waals surface area contributed by atoms with Gasteiger partial charge < -0.3 is 10.6 Å². The van der Waals surface area contributed by atoms with Gasteiger partial charge in [-0.1, -0.05) is 11.8 Å². The number of amides is 2. The summed E-state index contributed by atoms with van der Waals surface area (Å²) >= 11 is 3.21. The fourth-order valence-electron chi connectivity index (χ4n) is 3.35. The number of thioether (sulfide) groups is 1. The van der Waals surface area contributed by atoms with Crippen LogP contribution in [0.1, 0.15) is 33.0 Å². The molecule has 1 aromatic carbocycles. The Morgan fingerprint density at radius 3 is 2.71 bits per heavy atom. The van der Waals surface area contributed by atoms with E-state index in [9.17, 15) is 9.59 Å². The largest absolute Gasteiger partial charge is 0.355 e. The van der Waals surface area contributed by atoms with E-state index < -0.39 is 0 Å². The first kappa shape index (κ1) is 18.9. The van der Waals surface area contributed by atoms with Crippen molar-refractivity contribution in [3.05, 3.63) is 46.1 Å². The van der Waals surface area contributed by atoms with Crippen LogP contribution >= 0.6 is 23.1 Å². The lowest BCUT2D eigenvalue weighted by Gasteiger charge is -2.08. The molecule has 2 N–H and O–H groups in total. The Morgan fingerprint density at radius 2 is 1.96 bits per heavy atom. The summed E-state index contributed by atoms with van der Waals surface area (Å²) in [5, 5.41) is 7.48. The second-order valence-electron chi connectivity index (χ2n) is 6.61. The van der Waals surface area contributed by atoms with Crippen molar-refractivity contribution in [3.63, 3.8) is 0 Å². The lowest BCUT2D eigenvalue weighted by atomic mass is 10.2. The molecule has 0 saturated carbocycles. The standard InChI is InChI=1S/C20H20N4O2S2/c1-11-22-19(17-14-4-3-5-15(14)28-20(17)23-11)27-10-16(25)24-13-8-6-12(7-9-13)18(26)21-2/h6-9H,3-5,10H2,1-2H3,(H,21,26)(H,24,25). The van der Waals surface area contributed by atoms with Crippen molar-refractivity contribution in [2.75, 3.05) is 18.1 Å². The number of nitrogens with one attached hydrogen (secondary N) is 2. The monoisotopic (exact) mass is 412 g/mol. The number of nitrogens with zero attached hydrogens (tertiary/aromatic N) is 2. The maximum atomic E-state index is 12.4. The summed E-state index contributed by atoms with van der Waals surface area (Å²) in [5.74, 6) is 0.752. The van der Waals surface area contributed by atoms with Crippen LogP contribution in [0.5, 0.6) is 0 Å². The molecule has 1 aliphatic rings. The Morgan fingerprint density at radius 1 is 1.18 bits per heavy atom. The molecule has 1 aliphatic carbocycles. The van der Waals surface area contributed by atoms with Crippen LogP contribution in [0.15, 0.2) is 29.3 Å². The molecule has 0 fully saturated rings. The molecule has 0 saturated heterocycles. The second-order valence-corrected chi connectivity index (χ2v) is 8.65. The van der Waals surface area contributed by atoms with Gasteiger partial charge in [0.1, 0.15) is 15.7 Å². The van der Waals surface area contributed by atoms with Crippen LogP contribution < -0.4 is 10.6 Å². The van der Waals surface area contributed by atoms with Gasteiger partial charge in [-0.25, -0.2) is 9.97 Å². The summed E-state index contributed by atoms with van der Waals surface area (Å²) in [6.45, 7) is 1.89. The maximum absolute atomic E-state index is 12.4. The summed E-state index contributed by atoms with van der Waals surface area (Å²) < 4.78 is 0. The molecule has 0 unspecified atom stereocenters. The number of carbonyl (C=O) groups is 2. The lowest BCUT2D eigenvalue weighted by Crippen LogP contribution is -2.18. The Bertz CT molecular complexity index is 1060. The number of hydrogen-bond donors (Lipinski definition) is 2. The van der Waals surface area contributed by atoms with Crippen LogP contribution in [-0.2, 0) is 17.6 Å². The number of rotatable bonds is 5. The molecule has 6 nitrogen and oxygen atoms in total. The SMILES string of the molecule is CNC(=O)c1ccc(NC(=O)CSc2nc(C)nc3sc4c(c23)CCC4)cc1. The highest BCUT2D eigenvalue weighted by atomic mass is 32.2. The quantitative estimate of drug-likeness (QED) is 0.494. The van der Waals surface area contributed by atoms with Crippen LogP contribution in [0.25, 0.3) is 10.2 Å². The van der Waals surface area contributed by atoms with Gasteiger partial charge in [-0.2, -0.15) is 0 Å². The van der Waals surface area contributed by atoms with Crippen molar-refractivity contribution >= 4 is 50.8 Å². The predicted molar refractivity (Wildman–Crippen MR) is 113 cm³/mol. The van der Waals surface area contributed by atoms with Crippen molar-refractivity contribution in [2.45, 2.75) is 31.2 Å². The average molecular weight is 413 g/mol. The Kier molecular flexibility index (Phi) is 5.32. The molecule has 0 aliphatic heterocycles. The third kappa shape index (κ3) is 3.74. The van der Waals surface area contributed by atoms with Gasteiger partial charge >= 0.3 is 0 Å². The Hall–Kier alpha value is -2.45. The summed E-state index contributed by atoms with van der Waals surface area (Å²) in [4.78, 5) is 35.6. The minimum absolute atomic E-state index is 0.103. The third-order valence-corrected chi connectivity index (χ3v) is 6.80. The topological polar surface area (TPSA) is 84.0 Å². The number of fused-ring (bicyclic) bond motifs is 3. The number of hydrogen-bond acceptors (Lipinski definition) is 6. The third-order valence-electron chi connectivity index (χ3n) is 4.64. The van der Waals surface area contributed by atoms with E-state index in [1.54, 1.807) is 42.6 Å². The van der Waals surface area contributed by atoms with E-state index in [1.165, 1.54) is 28.6 Å². The number of aryl methyl sites for hydroxylation is 3. The molecule has 0 spiro atoms. The zero-order valence-electron chi connectivity index (χ0n) is 15.7. The van der Waals surface area contributed by atoms with Crippen molar-refractivity contribution in [3.8, 4) is 0 Å². The minimum atomic E-state index is -0.153. The van der Waals surface area contributed by atoms with Gasteiger partial charge in [0.05, 0.1) is 5.75 Å². The predicted octanol–water partition coefficient (Wildman–Crippen LogP) is 3.58. The molecular formula is C20H20N4O2S2. The first-order chi connectivity index (χ1) is 13.5. The summed E-state index contributed by atoms with van der Waals surface area (Å²) in [6.07, 6.45) is 3.37. The van der Waals surface area contributed by atoms with E-state index in [1.807, 2.05) is 6.92 Å². The van der Waals surface area contributed by atoms with Crippen LogP contribution in [0.3, 0.4) is 0 Å². The second kappa shape index (κ2) is 7.89. The smallest absolute Gasteiger partial charge is 0.251 e. The summed E-state index contributed by atoms with van der Waals surface area (Å²) in [5.41, 5.74) is 2.59. The molecule has 0 radical (unpaired) electrons. The van der Waals surface area contributed by atoms with Gasteiger partial charge in [-0.3, -0.25) is 9.59 Å². The van der Waals surface area contributed by atoms with Crippen molar-refractivity contribution in [1.29, 1.82) is 0 Å². The van der Waals surface area contributed by atoms with E-state index in [0.29, 0.717) is 11.3 Å². The van der Waals surface area contributed by atoms with Crippen LogP contribution in [0.4, 0.5) is 5.69 Å². The summed E-state index contributed by atoms with van der Waals surface area (Å²) in [7, 11) is 1.59. The number of anilines is 1. The van der Waals surface area contributed by atoms with Crippen molar-refractivity contribution in [2.24, 2.45) is 0 Å². The van der Waals surface area contributed by atoms with Crippen LogP contribution in [0, 0.1) is 6.92 Å². The normalized spacial score (nSPS) is 12.8. The van der Waals surface area contributed by atoms with Gasteiger partial charge in [0.2, 0.25) is 5.91 Å². The number of aromatic nitrogens is 2. The summed E-state index contributed by atoms with van der Waals surface area (Å²) in [6, 6.07) is 6.83. The average Bonchev–Trinajstić information content (AvgIpc) is 3.26. The van der Waals surface area contributed by atoms with Gasteiger partial charge in [0.15, 0.2) is 0 Å². The van der Waals surface area contributed by atoms with Gasteiger partial charge in [-0.05, 0) is 56.0 Å². The van der Waals surface area contributed by atoms with Crippen molar-refractivity contribution < 1.29 is 9.59 Å². The van der Waals surface area contributed by atoms with Crippen molar-refractivity contribution in [1.82, 2.24) is 15.3 Å². The van der Waals surface area contributed by atoms with Crippen LogP contribution in [0.2, 0.25) is 0 Å². The molecule has 2 amide bonds. The molecule has 8 heteroatoms. The van der Waals surface area contributed by atoms with E-state index in [0.717, 1.165) is 33.9 Å². The number of thiophene rings is 1. The highest BCUT2D eigenvalue weighted by molar-refractivity contribution is 8.00. The molecule has 2 heterocycles. The number of carbonyl (C=O) groups excluding carboxylic acids is 2. The fraction of sp³-hybridized carbons (Fsp3) is 0.300. The number of benzene rings is 1. The first-order valence-corrected chi connectivity index (χ1v) is 10.9. The fourth-order valence-corrected chi connectivity index (χ4v) is 5.62. The molecular weight excluding hydrogens is 392 g/mol. The molecule has 144 valence electrons. The minimum Gasteiger partial charge on any atom is -0.355 e. The zero-order valence-corrected chi connectivity index (χ0v) is 17.3. The molecule has 4 rings (SSSR count).